The predicted octanol–water partition coefficient (Wildman–Crippen LogP) is 4.28. The molecule has 2 aromatic rings. The second-order valence-electron chi connectivity index (χ2n) is 4.44. The minimum atomic E-state index is -0.819. The molecule has 0 radical (unpaired) electrons. The molecule has 1 aliphatic rings. The first kappa shape index (κ1) is 11.9. The van der Waals surface area contributed by atoms with E-state index < -0.39 is 5.97 Å². The fraction of sp³-hybridized carbons (Fsp3) is 0.214. The molecule has 2 nitrogen and oxygen atoms in total. The van der Waals surface area contributed by atoms with Gasteiger partial charge in [0.15, 0.2) is 0 Å². The zero-order valence-electron chi connectivity index (χ0n) is 9.79. The normalized spacial score (nSPS) is 13.0. The van der Waals surface area contributed by atoms with Crippen LogP contribution in [0.5, 0.6) is 0 Å². The summed E-state index contributed by atoms with van der Waals surface area (Å²) in [5.74, 6) is -0.819. The van der Waals surface area contributed by atoms with E-state index in [1.165, 1.54) is 10.4 Å². The molecule has 0 saturated carbocycles. The number of halogens is 1. The molecule has 0 saturated heterocycles. The van der Waals surface area contributed by atoms with E-state index in [-0.39, 0.29) is 0 Å². The molecule has 0 aliphatic heterocycles. The van der Waals surface area contributed by atoms with Crippen molar-refractivity contribution in [2.24, 2.45) is 0 Å². The first-order valence-electron chi connectivity index (χ1n) is 5.72. The number of carbonyl (C=O) groups is 1. The van der Waals surface area contributed by atoms with E-state index in [0.717, 1.165) is 33.3 Å². The first-order chi connectivity index (χ1) is 8.58. The van der Waals surface area contributed by atoms with E-state index in [9.17, 15) is 9.90 Å². The van der Waals surface area contributed by atoms with Crippen LogP contribution in [-0.4, -0.2) is 11.1 Å². The topological polar surface area (TPSA) is 37.3 Å². The van der Waals surface area contributed by atoms with Crippen molar-refractivity contribution in [3.8, 4) is 11.1 Å². The number of hydrogen-bond donors (Lipinski definition) is 1. The van der Waals surface area contributed by atoms with Crippen molar-refractivity contribution in [3.05, 3.63) is 43.6 Å². The molecule has 1 aromatic heterocycles. The highest BCUT2D eigenvalue weighted by Crippen LogP contribution is 2.42. The molecule has 4 heteroatoms. The van der Waals surface area contributed by atoms with Crippen LogP contribution < -0.4 is 0 Å². The maximum atomic E-state index is 11.4. The summed E-state index contributed by atoms with van der Waals surface area (Å²) in [5.41, 5.74) is 3.75. The summed E-state index contributed by atoms with van der Waals surface area (Å²) in [5, 5.41) is 9.39. The fourth-order valence-corrected chi connectivity index (χ4v) is 4.17. The van der Waals surface area contributed by atoms with Crippen molar-refractivity contribution >= 4 is 33.2 Å². The molecular formula is C14H11BrO2S. The number of hydrogen-bond acceptors (Lipinski definition) is 2. The van der Waals surface area contributed by atoms with Crippen LogP contribution in [-0.2, 0) is 12.8 Å². The lowest BCUT2D eigenvalue weighted by Crippen LogP contribution is -2.05. The van der Waals surface area contributed by atoms with Crippen LogP contribution in [0.25, 0.3) is 11.1 Å². The summed E-state index contributed by atoms with van der Waals surface area (Å²) in [6.07, 6.45) is 1.93. The number of fused-ring (bicyclic) bond motifs is 3. The molecule has 0 fully saturated rings. The average Bonchev–Trinajstić information content (AvgIpc) is 2.65. The van der Waals surface area contributed by atoms with E-state index >= 15 is 0 Å². The van der Waals surface area contributed by atoms with E-state index in [2.05, 4.69) is 22.0 Å². The molecule has 18 heavy (non-hydrogen) atoms. The van der Waals surface area contributed by atoms with Crippen molar-refractivity contribution < 1.29 is 9.90 Å². The Hall–Kier alpha value is -1.13. The third-order valence-corrected chi connectivity index (χ3v) is 4.99. The van der Waals surface area contributed by atoms with Gasteiger partial charge in [-0.2, -0.15) is 0 Å². The summed E-state index contributed by atoms with van der Waals surface area (Å²) in [7, 11) is 0. The number of aromatic carboxylic acids is 1. The molecule has 1 aliphatic carbocycles. The average molecular weight is 323 g/mol. The maximum Gasteiger partial charge on any atom is 0.337 e. The first-order valence-corrected chi connectivity index (χ1v) is 7.33. The molecule has 1 N–H and O–H groups in total. The zero-order valence-corrected chi connectivity index (χ0v) is 12.2. The molecular weight excluding hydrogens is 312 g/mol. The van der Waals surface area contributed by atoms with Gasteiger partial charge < -0.3 is 5.11 Å². The number of benzene rings is 1. The SMILES string of the molecule is Cc1sc2c(c1C(=O)O)-c1ccc(Br)cc1CC2. The van der Waals surface area contributed by atoms with E-state index in [4.69, 9.17) is 0 Å². The van der Waals surface area contributed by atoms with Crippen LogP contribution in [0.1, 0.15) is 25.7 Å². The number of thiophene rings is 1. The largest absolute Gasteiger partial charge is 0.478 e. The monoisotopic (exact) mass is 322 g/mol. The Balaban J connectivity index is 2.31. The van der Waals surface area contributed by atoms with Crippen LogP contribution in [0.4, 0.5) is 0 Å². The number of rotatable bonds is 1. The van der Waals surface area contributed by atoms with Gasteiger partial charge in [-0.25, -0.2) is 4.79 Å². The summed E-state index contributed by atoms with van der Waals surface area (Å²) in [4.78, 5) is 13.5. The predicted molar refractivity (Wildman–Crippen MR) is 76.6 cm³/mol. The van der Waals surface area contributed by atoms with Crippen molar-refractivity contribution in [1.82, 2.24) is 0 Å². The van der Waals surface area contributed by atoms with E-state index in [1.54, 1.807) is 11.3 Å². The van der Waals surface area contributed by atoms with Gasteiger partial charge >= 0.3 is 5.97 Å². The second kappa shape index (κ2) is 4.21. The van der Waals surface area contributed by atoms with Crippen LogP contribution in [0, 0.1) is 6.92 Å². The second-order valence-corrected chi connectivity index (χ2v) is 6.66. The van der Waals surface area contributed by atoms with Crippen molar-refractivity contribution in [1.29, 1.82) is 0 Å². The van der Waals surface area contributed by atoms with Crippen molar-refractivity contribution in [3.63, 3.8) is 0 Å². The number of aryl methyl sites for hydroxylation is 3. The Kier molecular flexibility index (Phi) is 2.79. The quantitative estimate of drug-likeness (QED) is 0.850. The van der Waals surface area contributed by atoms with Gasteiger partial charge in [0.05, 0.1) is 5.56 Å². The van der Waals surface area contributed by atoms with Gasteiger partial charge in [0.1, 0.15) is 0 Å². The van der Waals surface area contributed by atoms with Crippen molar-refractivity contribution in [2.75, 3.05) is 0 Å². The van der Waals surface area contributed by atoms with Crippen LogP contribution in [0.15, 0.2) is 22.7 Å². The highest BCUT2D eigenvalue weighted by atomic mass is 79.9. The smallest absolute Gasteiger partial charge is 0.337 e. The summed E-state index contributed by atoms with van der Waals surface area (Å²) < 4.78 is 1.05. The third kappa shape index (κ3) is 1.71. The molecule has 0 unspecified atom stereocenters. The molecule has 3 rings (SSSR count). The summed E-state index contributed by atoms with van der Waals surface area (Å²) in [6.45, 7) is 1.89. The summed E-state index contributed by atoms with van der Waals surface area (Å²) in [6, 6.07) is 6.10. The van der Waals surface area contributed by atoms with E-state index in [0.29, 0.717) is 5.56 Å². The highest BCUT2D eigenvalue weighted by Gasteiger charge is 2.26. The zero-order chi connectivity index (χ0) is 12.9. The highest BCUT2D eigenvalue weighted by molar-refractivity contribution is 9.10. The van der Waals surface area contributed by atoms with E-state index in [1.807, 2.05) is 19.1 Å². The van der Waals surface area contributed by atoms with Crippen LogP contribution in [0.2, 0.25) is 0 Å². The van der Waals surface area contributed by atoms with Gasteiger partial charge in [-0.3, -0.25) is 0 Å². The van der Waals surface area contributed by atoms with Gasteiger partial charge in [-0.1, -0.05) is 22.0 Å². The minimum absolute atomic E-state index is 0.485. The Morgan fingerprint density at radius 1 is 1.39 bits per heavy atom. The lowest BCUT2D eigenvalue weighted by Gasteiger charge is -2.17. The Labute approximate surface area is 117 Å². The van der Waals surface area contributed by atoms with Crippen molar-refractivity contribution in [2.45, 2.75) is 19.8 Å². The maximum absolute atomic E-state index is 11.4. The standard InChI is InChI=1S/C14H11BrO2S/c1-7-12(14(16)17)13-10-4-3-9(15)6-8(10)2-5-11(13)18-7/h3-4,6H,2,5H2,1H3,(H,16,17). The molecule has 1 heterocycles. The number of carboxylic acids is 1. The van der Waals surface area contributed by atoms with Crippen LogP contribution in [0.3, 0.4) is 0 Å². The Morgan fingerprint density at radius 2 is 2.17 bits per heavy atom. The third-order valence-electron chi connectivity index (χ3n) is 3.33. The summed E-state index contributed by atoms with van der Waals surface area (Å²) >= 11 is 5.09. The molecule has 0 spiro atoms. The fourth-order valence-electron chi connectivity index (χ4n) is 2.58. The van der Waals surface area contributed by atoms with Gasteiger partial charge in [-0.05, 0) is 43.0 Å². The van der Waals surface area contributed by atoms with Gasteiger partial charge in [0.2, 0.25) is 0 Å². The number of carboxylic acid groups (broad SMARTS) is 1. The van der Waals surface area contributed by atoms with Gasteiger partial charge in [0, 0.05) is 19.8 Å². The molecule has 0 amide bonds. The molecule has 92 valence electrons. The molecule has 0 atom stereocenters. The Bertz CT molecular complexity index is 658. The Morgan fingerprint density at radius 3 is 2.89 bits per heavy atom. The lowest BCUT2D eigenvalue weighted by molar-refractivity contribution is 0.0697. The van der Waals surface area contributed by atoms with Gasteiger partial charge in [0.25, 0.3) is 0 Å². The van der Waals surface area contributed by atoms with Crippen LogP contribution >= 0.6 is 27.3 Å². The lowest BCUT2D eigenvalue weighted by atomic mass is 9.88. The minimum Gasteiger partial charge on any atom is -0.478 e. The van der Waals surface area contributed by atoms with Gasteiger partial charge in [-0.15, -0.1) is 11.3 Å². The molecule has 1 aromatic carbocycles. The molecule has 0 bridgehead atoms.